The normalized spacial score (nSPS) is 16.9. The van der Waals surface area contributed by atoms with Crippen LogP contribution in [0.15, 0.2) is 36.5 Å². The number of H-pyrrole nitrogens is 1. The second kappa shape index (κ2) is 6.47. The van der Waals surface area contributed by atoms with Gasteiger partial charge in [0.25, 0.3) is 10.2 Å². The van der Waals surface area contributed by atoms with Gasteiger partial charge in [-0.15, -0.1) is 0 Å². The van der Waals surface area contributed by atoms with E-state index in [1.165, 1.54) is 20.8 Å². The molecule has 1 aromatic carbocycles. The van der Waals surface area contributed by atoms with Crippen molar-refractivity contribution in [1.29, 1.82) is 0 Å². The molecule has 2 aromatic rings. The van der Waals surface area contributed by atoms with Gasteiger partial charge in [0.2, 0.25) is 0 Å². The van der Waals surface area contributed by atoms with Crippen LogP contribution in [0.4, 0.5) is 0 Å². The number of para-hydroxylation sites is 1. The molecule has 1 aromatic heterocycles. The monoisotopic (exact) mass is 333 g/mol. The molecule has 1 aliphatic rings. The molecular formula is C17H23N3O2S. The number of aromatic amines is 1. The molecule has 0 atom stereocenters. The molecule has 0 saturated carbocycles. The number of aromatic nitrogens is 1. The van der Waals surface area contributed by atoms with E-state index in [0.717, 1.165) is 11.9 Å². The lowest BCUT2D eigenvalue weighted by Gasteiger charge is -2.30. The third-order valence-electron chi connectivity index (χ3n) is 4.47. The van der Waals surface area contributed by atoms with Crippen LogP contribution in [-0.2, 0) is 10.2 Å². The molecule has 0 amide bonds. The van der Waals surface area contributed by atoms with Gasteiger partial charge in [0, 0.05) is 48.8 Å². The molecule has 3 rings (SSSR count). The van der Waals surface area contributed by atoms with Crippen molar-refractivity contribution in [3.63, 3.8) is 0 Å². The molecule has 0 fully saturated rings. The van der Waals surface area contributed by atoms with E-state index in [4.69, 9.17) is 0 Å². The Labute approximate surface area is 137 Å². The molecule has 0 unspecified atom stereocenters. The zero-order valence-electron chi connectivity index (χ0n) is 13.6. The maximum absolute atomic E-state index is 12.6. The van der Waals surface area contributed by atoms with E-state index in [0.29, 0.717) is 26.2 Å². The Morgan fingerprint density at radius 3 is 2.61 bits per heavy atom. The minimum atomic E-state index is -3.34. The summed E-state index contributed by atoms with van der Waals surface area (Å²) in [7, 11) is -3.34. The number of hydrogen-bond donors (Lipinski definition) is 1. The van der Waals surface area contributed by atoms with Crippen LogP contribution in [-0.4, -0.2) is 48.2 Å². The zero-order valence-corrected chi connectivity index (χ0v) is 14.4. The highest BCUT2D eigenvalue weighted by molar-refractivity contribution is 7.86. The summed E-state index contributed by atoms with van der Waals surface area (Å²) in [5, 5.41) is 1.19. The van der Waals surface area contributed by atoms with Crippen molar-refractivity contribution in [3.8, 4) is 0 Å². The SMILES string of the molecule is CCN(CC)S(=O)(=O)N1CC=C(c2c[nH]c3ccccc23)CC1. The fourth-order valence-corrected chi connectivity index (χ4v) is 4.72. The fraction of sp³-hybridized carbons (Fsp3) is 0.412. The first-order valence-corrected chi connectivity index (χ1v) is 9.48. The van der Waals surface area contributed by atoms with Crippen molar-refractivity contribution in [1.82, 2.24) is 13.6 Å². The van der Waals surface area contributed by atoms with Gasteiger partial charge < -0.3 is 4.98 Å². The minimum Gasteiger partial charge on any atom is -0.361 e. The van der Waals surface area contributed by atoms with Crippen molar-refractivity contribution in [2.45, 2.75) is 20.3 Å². The number of fused-ring (bicyclic) bond motifs is 1. The first-order chi connectivity index (χ1) is 11.1. The van der Waals surface area contributed by atoms with Crippen LogP contribution < -0.4 is 0 Å². The predicted molar refractivity (Wildman–Crippen MR) is 94.3 cm³/mol. The molecule has 23 heavy (non-hydrogen) atoms. The van der Waals surface area contributed by atoms with Crippen LogP contribution >= 0.6 is 0 Å². The summed E-state index contributed by atoms with van der Waals surface area (Å²) in [6.45, 7) is 5.73. The van der Waals surface area contributed by atoms with E-state index in [2.05, 4.69) is 17.1 Å². The van der Waals surface area contributed by atoms with Gasteiger partial charge in [-0.3, -0.25) is 0 Å². The number of rotatable bonds is 5. The largest absolute Gasteiger partial charge is 0.361 e. The van der Waals surface area contributed by atoms with Gasteiger partial charge in [0.1, 0.15) is 0 Å². The van der Waals surface area contributed by atoms with Gasteiger partial charge >= 0.3 is 0 Å². The number of nitrogens with one attached hydrogen (secondary N) is 1. The average molecular weight is 333 g/mol. The van der Waals surface area contributed by atoms with Gasteiger partial charge in [-0.25, -0.2) is 0 Å². The van der Waals surface area contributed by atoms with E-state index in [9.17, 15) is 8.42 Å². The molecule has 0 saturated heterocycles. The molecule has 1 N–H and O–H groups in total. The van der Waals surface area contributed by atoms with Crippen LogP contribution in [0.1, 0.15) is 25.8 Å². The van der Waals surface area contributed by atoms with Gasteiger partial charge in [0.15, 0.2) is 0 Å². The standard InChI is InChI=1S/C17H23N3O2S/c1-3-19(4-2)23(21,22)20-11-9-14(10-12-20)16-13-18-17-8-6-5-7-15(16)17/h5-9,13,18H,3-4,10-12H2,1-2H3. The number of benzene rings is 1. The fourth-order valence-electron chi connectivity index (χ4n) is 3.16. The second-order valence-electron chi connectivity index (χ2n) is 5.68. The third kappa shape index (κ3) is 2.94. The van der Waals surface area contributed by atoms with Crippen molar-refractivity contribution in [2.24, 2.45) is 0 Å². The van der Waals surface area contributed by atoms with E-state index in [-0.39, 0.29) is 0 Å². The smallest absolute Gasteiger partial charge is 0.282 e. The maximum atomic E-state index is 12.6. The molecular weight excluding hydrogens is 310 g/mol. The van der Waals surface area contributed by atoms with Crippen LogP contribution in [0.5, 0.6) is 0 Å². The minimum absolute atomic E-state index is 0.438. The summed E-state index contributed by atoms with van der Waals surface area (Å²) >= 11 is 0. The molecule has 2 heterocycles. The maximum Gasteiger partial charge on any atom is 0.282 e. The first-order valence-electron chi connectivity index (χ1n) is 8.08. The third-order valence-corrected chi connectivity index (χ3v) is 6.62. The van der Waals surface area contributed by atoms with Crippen molar-refractivity contribution in [2.75, 3.05) is 26.2 Å². The molecule has 1 aliphatic heterocycles. The van der Waals surface area contributed by atoms with Crippen molar-refractivity contribution < 1.29 is 8.42 Å². The van der Waals surface area contributed by atoms with E-state index >= 15 is 0 Å². The number of nitrogens with zero attached hydrogens (tertiary/aromatic N) is 2. The Bertz CT molecular complexity index is 819. The number of hydrogen-bond acceptors (Lipinski definition) is 2. The van der Waals surface area contributed by atoms with Gasteiger partial charge in [-0.05, 0) is 18.1 Å². The highest BCUT2D eigenvalue weighted by Gasteiger charge is 2.29. The molecule has 5 nitrogen and oxygen atoms in total. The highest BCUT2D eigenvalue weighted by Crippen LogP contribution is 2.30. The average Bonchev–Trinajstić information content (AvgIpc) is 3.00. The molecule has 0 radical (unpaired) electrons. The van der Waals surface area contributed by atoms with E-state index in [1.54, 1.807) is 4.31 Å². The van der Waals surface area contributed by atoms with Crippen LogP contribution in [0, 0.1) is 0 Å². The predicted octanol–water partition coefficient (Wildman–Crippen LogP) is 2.84. The highest BCUT2D eigenvalue weighted by atomic mass is 32.2. The molecule has 124 valence electrons. The van der Waals surface area contributed by atoms with Gasteiger partial charge in [-0.2, -0.15) is 17.0 Å². The second-order valence-corrected chi connectivity index (χ2v) is 7.61. The van der Waals surface area contributed by atoms with Crippen LogP contribution in [0.3, 0.4) is 0 Å². The van der Waals surface area contributed by atoms with Gasteiger partial charge in [-0.1, -0.05) is 38.1 Å². The Morgan fingerprint density at radius 2 is 1.96 bits per heavy atom. The molecule has 6 heteroatoms. The quantitative estimate of drug-likeness (QED) is 0.915. The summed E-state index contributed by atoms with van der Waals surface area (Å²) in [6, 6.07) is 8.19. The summed E-state index contributed by atoms with van der Waals surface area (Å²) in [5.41, 5.74) is 3.51. The summed E-state index contributed by atoms with van der Waals surface area (Å²) in [4.78, 5) is 3.28. The summed E-state index contributed by atoms with van der Waals surface area (Å²) < 4.78 is 28.2. The summed E-state index contributed by atoms with van der Waals surface area (Å²) in [6.07, 6.45) is 4.80. The van der Waals surface area contributed by atoms with E-state index in [1.807, 2.05) is 38.3 Å². The molecule has 0 bridgehead atoms. The summed E-state index contributed by atoms with van der Waals surface area (Å²) in [5.74, 6) is 0. The zero-order chi connectivity index (χ0) is 16.4. The van der Waals surface area contributed by atoms with Crippen molar-refractivity contribution >= 4 is 26.7 Å². The first kappa shape index (κ1) is 16.2. The van der Waals surface area contributed by atoms with Crippen LogP contribution in [0.2, 0.25) is 0 Å². The molecule has 0 aliphatic carbocycles. The topological polar surface area (TPSA) is 56.4 Å². The Kier molecular flexibility index (Phi) is 4.57. The van der Waals surface area contributed by atoms with Gasteiger partial charge in [0.05, 0.1) is 0 Å². The van der Waals surface area contributed by atoms with Crippen LogP contribution in [0.25, 0.3) is 16.5 Å². The lowest BCUT2D eigenvalue weighted by molar-refractivity contribution is 0.363. The Balaban J connectivity index is 1.84. The Morgan fingerprint density at radius 1 is 1.22 bits per heavy atom. The van der Waals surface area contributed by atoms with Crippen molar-refractivity contribution in [3.05, 3.63) is 42.1 Å². The lowest BCUT2D eigenvalue weighted by atomic mass is 10.00. The van der Waals surface area contributed by atoms with E-state index < -0.39 is 10.2 Å². The lowest BCUT2D eigenvalue weighted by Crippen LogP contribution is -2.45. The molecule has 0 spiro atoms. The Hall–Kier alpha value is -1.63.